The number of anilines is 1. The van der Waals surface area contributed by atoms with Crippen molar-refractivity contribution >= 4 is 5.69 Å². The molecule has 1 aromatic rings. The van der Waals surface area contributed by atoms with Crippen LogP contribution in [0.25, 0.3) is 0 Å². The van der Waals surface area contributed by atoms with E-state index in [-0.39, 0.29) is 5.69 Å². The van der Waals surface area contributed by atoms with Crippen molar-refractivity contribution in [2.75, 3.05) is 18.0 Å². The topological polar surface area (TPSA) is 50.8 Å². The zero-order valence-corrected chi connectivity index (χ0v) is 11.3. The number of hydrogen-bond acceptors (Lipinski definition) is 3. The molecule has 0 fully saturated rings. The van der Waals surface area contributed by atoms with Crippen molar-refractivity contribution in [2.45, 2.75) is 26.7 Å². The van der Waals surface area contributed by atoms with E-state index in [1.54, 1.807) is 0 Å². The van der Waals surface area contributed by atoms with Gasteiger partial charge in [-0.2, -0.15) is 10.5 Å². The molecule has 0 saturated carbocycles. The van der Waals surface area contributed by atoms with Gasteiger partial charge in [0.05, 0.1) is 5.69 Å². The minimum Gasteiger partial charge on any atom is -0.368 e. The molecule has 106 valence electrons. The average molecular weight is 281 g/mol. The molecule has 0 aliphatic rings. The molecule has 0 aliphatic carbocycles. The van der Waals surface area contributed by atoms with Gasteiger partial charge in [-0.15, -0.1) is 0 Å². The Hall–Kier alpha value is -2.21. The average Bonchev–Trinajstić information content (AvgIpc) is 2.43. The third-order valence-corrected chi connectivity index (χ3v) is 2.82. The van der Waals surface area contributed by atoms with Crippen LogP contribution in [0.2, 0.25) is 0 Å². The molecule has 3 nitrogen and oxygen atoms in total. The van der Waals surface area contributed by atoms with E-state index in [0.717, 1.165) is 0 Å². The molecule has 0 aliphatic heterocycles. The predicted molar refractivity (Wildman–Crippen MR) is 68.5 cm³/mol. The number of nitriles is 2. The van der Waals surface area contributed by atoms with Crippen LogP contribution in [0.4, 0.5) is 18.9 Å². The Balaban J connectivity index is 3.63. The third kappa shape index (κ3) is 2.70. The van der Waals surface area contributed by atoms with E-state index < -0.39 is 28.6 Å². The van der Waals surface area contributed by atoms with E-state index in [4.69, 9.17) is 10.5 Å². The van der Waals surface area contributed by atoms with Gasteiger partial charge in [0.2, 0.25) is 0 Å². The van der Waals surface area contributed by atoms with Crippen LogP contribution < -0.4 is 4.90 Å². The molecule has 1 rings (SSSR count). The van der Waals surface area contributed by atoms with E-state index in [9.17, 15) is 13.2 Å². The summed E-state index contributed by atoms with van der Waals surface area (Å²) in [6, 6.07) is 2.80. The van der Waals surface area contributed by atoms with Crippen molar-refractivity contribution in [1.82, 2.24) is 0 Å². The summed E-state index contributed by atoms with van der Waals surface area (Å²) >= 11 is 0. The van der Waals surface area contributed by atoms with Crippen molar-refractivity contribution in [1.29, 1.82) is 10.5 Å². The second-order valence-electron chi connectivity index (χ2n) is 4.25. The lowest BCUT2D eigenvalue weighted by atomic mass is 10.1. The number of halogens is 3. The first-order valence-corrected chi connectivity index (χ1v) is 6.28. The number of hydrogen-bond donors (Lipinski definition) is 0. The van der Waals surface area contributed by atoms with Crippen LogP contribution >= 0.6 is 0 Å². The van der Waals surface area contributed by atoms with Crippen molar-refractivity contribution in [3.05, 3.63) is 28.6 Å². The molecule has 0 bridgehead atoms. The molecule has 1 aromatic carbocycles. The van der Waals surface area contributed by atoms with Crippen LogP contribution in [0.5, 0.6) is 0 Å². The van der Waals surface area contributed by atoms with E-state index in [1.165, 1.54) is 17.0 Å². The standard InChI is InChI=1S/C14H14F3N3/c1-3-5-20(6-4-2)14-10(8-19)12(16)11(15)9(7-18)13(14)17/h3-6H2,1-2H3. The molecule has 0 saturated heterocycles. The number of rotatable bonds is 5. The molecule has 0 amide bonds. The second kappa shape index (κ2) is 6.81. The predicted octanol–water partition coefficient (Wildman–Crippen LogP) is 3.47. The molecule has 0 spiro atoms. The quantitative estimate of drug-likeness (QED) is 0.776. The summed E-state index contributed by atoms with van der Waals surface area (Å²) in [5.74, 6) is -4.26. The minimum absolute atomic E-state index is 0.327. The monoisotopic (exact) mass is 281 g/mol. The molecule has 0 heterocycles. The molecule has 0 N–H and O–H groups in total. The van der Waals surface area contributed by atoms with Crippen molar-refractivity contribution in [3.8, 4) is 12.1 Å². The Kier molecular flexibility index (Phi) is 5.40. The van der Waals surface area contributed by atoms with Gasteiger partial charge < -0.3 is 4.90 Å². The highest BCUT2D eigenvalue weighted by atomic mass is 19.2. The van der Waals surface area contributed by atoms with Gasteiger partial charge in [-0.05, 0) is 12.8 Å². The molecular formula is C14H14F3N3. The van der Waals surface area contributed by atoms with E-state index in [0.29, 0.717) is 25.9 Å². The lowest BCUT2D eigenvalue weighted by Gasteiger charge is -2.25. The van der Waals surface area contributed by atoms with Gasteiger partial charge in [-0.3, -0.25) is 0 Å². The van der Waals surface area contributed by atoms with Gasteiger partial charge in [0.25, 0.3) is 0 Å². The van der Waals surface area contributed by atoms with Crippen LogP contribution in [0.15, 0.2) is 0 Å². The van der Waals surface area contributed by atoms with Crippen molar-refractivity contribution in [2.24, 2.45) is 0 Å². The number of benzene rings is 1. The van der Waals surface area contributed by atoms with Gasteiger partial charge >= 0.3 is 0 Å². The Morgan fingerprint density at radius 1 is 0.850 bits per heavy atom. The maximum absolute atomic E-state index is 14.2. The third-order valence-electron chi connectivity index (χ3n) is 2.82. The van der Waals surface area contributed by atoms with Gasteiger partial charge in [0.15, 0.2) is 17.5 Å². The summed E-state index contributed by atoms with van der Waals surface area (Å²) in [5, 5.41) is 17.7. The summed E-state index contributed by atoms with van der Waals surface area (Å²) in [5.41, 5.74) is -2.01. The lowest BCUT2D eigenvalue weighted by Crippen LogP contribution is -2.28. The van der Waals surface area contributed by atoms with Crippen molar-refractivity contribution < 1.29 is 13.2 Å². The van der Waals surface area contributed by atoms with Gasteiger partial charge in [0.1, 0.15) is 23.3 Å². The highest BCUT2D eigenvalue weighted by molar-refractivity contribution is 5.64. The molecule has 0 aromatic heterocycles. The summed E-state index contributed by atoms with van der Waals surface area (Å²) in [6.45, 7) is 4.46. The fourth-order valence-corrected chi connectivity index (χ4v) is 2.02. The van der Waals surface area contributed by atoms with Crippen LogP contribution in [0, 0.1) is 40.1 Å². The van der Waals surface area contributed by atoms with Crippen molar-refractivity contribution in [3.63, 3.8) is 0 Å². The fraction of sp³-hybridized carbons (Fsp3) is 0.429. The fourth-order valence-electron chi connectivity index (χ4n) is 2.02. The lowest BCUT2D eigenvalue weighted by molar-refractivity contribution is 0.487. The second-order valence-corrected chi connectivity index (χ2v) is 4.25. The van der Waals surface area contributed by atoms with Gasteiger partial charge in [-0.25, -0.2) is 13.2 Å². The smallest absolute Gasteiger partial charge is 0.181 e. The van der Waals surface area contributed by atoms with Crippen LogP contribution in [-0.4, -0.2) is 13.1 Å². The SMILES string of the molecule is CCCN(CCC)c1c(F)c(C#N)c(F)c(F)c1C#N. The summed E-state index contributed by atoms with van der Waals surface area (Å²) < 4.78 is 41.5. The van der Waals surface area contributed by atoms with Gasteiger partial charge in [0, 0.05) is 13.1 Å². The maximum atomic E-state index is 14.2. The number of nitrogens with zero attached hydrogens (tertiary/aromatic N) is 3. The van der Waals surface area contributed by atoms with E-state index >= 15 is 0 Å². The Bertz CT molecular complexity index is 579. The summed E-state index contributed by atoms with van der Waals surface area (Å²) in [6.07, 6.45) is 1.29. The van der Waals surface area contributed by atoms with Crippen LogP contribution in [0.1, 0.15) is 37.8 Å². The minimum atomic E-state index is -1.61. The van der Waals surface area contributed by atoms with Crippen LogP contribution in [-0.2, 0) is 0 Å². The largest absolute Gasteiger partial charge is 0.368 e. The zero-order valence-electron chi connectivity index (χ0n) is 11.3. The first kappa shape index (κ1) is 15.8. The highest BCUT2D eigenvalue weighted by Gasteiger charge is 2.27. The normalized spacial score (nSPS) is 9.95. The molecular weight excluding hydrogens is 267 g/mol. The molecule has 0 atom stereocenters. The molecule has 0 unspecified atom stereocenters. The summed E-state index contributed by atoms with van der Waals surface area (Å²) in [7, 11) is 0. The van der Waals surface area contributed by atoms with E-state index in [2.05, 4.69) is 0 Å². The Morgan fingerprint density at radius 3 is 1.70 bits per heavy atom. The van der Waals surface area contributed by atoms with Crippen LogP contribution in [0.3, 0.4) is 0 Å². The zero-order chi connectivity index (χ0) is 15.3. The first-order valence-electron chi connectivity index (χ1n) is 6.28. The summed E-state index contributed by atoms with van der Waals surface area (Å²) in [4.78, 5) is 1.47. The molecule has 0 radical (unpaired) electrons. The Labute approximate surface area is 115 Å². The highest BCUT2D eigenvalue weighted by Crippen LogP contribution is 2.31. The first-order chi connectivity index (χ1) is 9.53. The molecule has 6 heteroatoms. The van der Waals surface area contributed by atoms with Gasteiger partial charge in [-0.1, -0.05) is 13.8 Å². The molecule has 20 heavy (non-hydrogen) atoms. The maximum Gasteiger partial charge on any atom is 0.181 e. The Morgan fingerprint density at radius 2 is 1.30 bits per heavy atom. The van der Waals surface area contributed by atoms with E-state index in [1.807, 2.05) is 13.8 Å².